The molecule has 0 heterocycles. The predicted molar refractivity (Wildman–Crippen MR) is 102 cm³/mol. The zero-order valence-corrected chi connectivity index (χ0v) is 17.6. The van der Waals surface area contributed by atoms with Crippen LogP contribution in [0.25, 0.3) is 0 Å². The average Bonchev–Trinajstić information content (AvgIpc) is 2.59. The zero-order valence-electron chi connectivity index (χ0n) is 17.6. The Hall–Kier alpha value is -2.12. The smallest absolute Gasteiger partial charge is 0.349 e. The molecule has 0 aliphatic rings. The maximum atomic E-state index is 12.7. The van der Waals surface area contributed by atoms with Crippen LogP contribution in [0.15, 0.2) is 0 Å². The first-order valence-electron chi connectivity index (χ1n) is 9.89. The topological polar surface area (TPSA) is 127 Å². The summed E-state index contributed by atoms with van der Waals surface area (Å²) in [5, 5.41) is 18.6. The van der Waals surface area contributed by atoms with Gasteiger partial charge in [-0.25, -0.2) is 4.79 Å². The fourth-order valence-corrected chi connectivity index (χ4v) is 3.69. The van der Waals surface area contributed by atoms with Gasteiger partial charge >= 0.3 is 23.9 Å². The van der Waals surface area contributed by atoms with Crippen LogP contribution in [0.4, 0.5) is 0 Å². The molecular formula is C20H34O8. The number of ether oxygens (including phenoxy) is 2. The van der Waals surface area contributed by atoms with Crippen molar-refractivity contribution < 1.29 is 38.9 Å². The predicted octanol–water partition coefficient (Wildman–Crippen LogP) is 3.56. The Balaban J connectivity index is 5.71. The van der Waals surface area contributed by atoms with Crippen LogP contribution < -0.4 is 0 Å². The van der Waals surface area contributed by atoms with E-state index in [4.69, 9.17) is 14.6 Å². The summed E-state index contributed by atoms with van der Waals surface area (Å²) in [6.45, 7) is 8.85. The maximum Gasteiger partial charge on any atom is 0.349 e. The highest BCUT2D eigenvalue weighted by molar-refractivity contribution is 5.91. The van der Waals surface area contributed by atoms with Gasteiger partial charge < -0.3 is 19.7 Å². The van der Waals surface area contributed by atoms with Crippen LogP contribution in [-0.4, -0.2) is 45.3 Å². The Bertz CT molecular complexity index is 534. The summed E-state index contributed by atoms with van der Waals surface area (Å²) in [5.41, 5.74) is -3.27. The third kappa shape index (κ3) is 7.13. The van der Waals surface area contributed by atoms with E-state index in [-0.39, 0.29) is 5.92 Å². The molecule has 0 aliphatic carbocycles. The number of carbonyl (C=O) groups excluding carboxylic acids is 2. The Morgan fingerprint density at radius 2 is 1.50 bits per heavy atom. The largest absolute Gasteiger partial charge is 0.481 e. The molecule has 0 saturated heterocycles. The Morgan fingerprint density at radius 1 is 0.929 bits per heavy atom. The quantitative estimate of drug-likeness (QED) is 0.422. The number of carbonyl (C=O) groups is 4. The zero-order chi connectivity index (χ0) is 22.0. The minimum Gasteiger partial charge on any atom is -0.481 e. The number of hydrogen-bond acceptors (Lipinski definition) is 6. The van der Waals surface area contributed by atoms with E-state index in [0.29, 0.717) is 12.8 Å². The van der Waals surface area contributed by atoms with Gasteiger partial charge in [0.05, 0.1) is 12.8 Å². The lowest BCUT2D eigenvalue weighted by atomic mass is 9.78. The number of aliphatic carboxylic acids is 2. The van der Waals surface area contributed by atoms with E-state index in [2.05, 4.69) is 6.92 Å². The molecular weight excluding hydrogens is 368 g/mol. The van der Waals surface area contributed by atoms with Gasteiger partial charge in [-0.05, 0) is 31.6 Å². The van der Waals surface area contributed by atoms with Crippen LogP contribution >= 0.6 is 0 Å². The second-order valence-electron chi connectivity index (χ2n) is 7.13. The summed E-state index contributed by atoms with van der Waals surface area (Å²) in [6, 6.07) is 0. The van der Waals surface area contributed by atoms with Crippen molar-refractivity contribution in [3.63, 3.8) is 0 Å². The van der Waals surface area contributed by atoms with Crippen molar-refractivity contribution in [2.24, 2.45) is 5.92 Å². The van der Waals surface area contributed by atoms with Crippen molar-refractivity contribution >= 4 is 23.9 Å². The average molecular weight is 402 g/mol. The summed E-state index contributed by atoms with van der Waals surface area (Å²) >= 11 is 0. The summed E-state index contributed by atoms with van der Waals surface area (Å²) in [5.74, 6) is -4.97. The Morgan fingerprint density at radius 3 is 1.86 bits per heavy atom. The van der Waals surface area contributed by atoms with Crippen molar-refractivity contribution in [2.75, 3.05) is 0 Å². The second kappa shape index (κ2) is 11.7. The fraction of sp³-hybridized carbons (Fsp3) is 0.800. The minimum absolute atomic E-state index is 0.0961. The third-order valence-corrected chi connectivity index (χ3v) is 5.25. The van der Waals surface area contributed by atoms with Crippen molar-refractivity contribution in [1.82, 2.24) is 0 Å². The molecule has 8 nitrogen and oxygen atoms in total. The highest BCUT2D eigenvalue weighted by Crippen LogP contribution is 2.37. The number of esters is 2. The standard InChI is InChI=1S/C20H34O8/c1-6-10-11-15(7-2)19(8-3,9-4)28-17(24)13-20(18(25)26,12-16(22)23)27-14(5)21/h15H,6-13H2,1-5H3,(H,22,23)(H,25,26). The van der Waals surface area contributed by atoms with Gasteiger partial charge in [0, 0.05) is 6.92 Å². The van der Waals surface area contributed by atoms with Gasteiger partial charge in [0.15, 0.2) is 0 Å². The lowest BCUT2D eigenvalue weighted by Crippen LogP contribution is -2.49. The lowest BCUT2D eigenvalue weighted by Gasteiger charge is -2.40. The Labute approximate surface area is 166 Å². The van der Waals surface area contributed by atoms with E-state index in [1.54, 1.807) is 0 Å². The first-order valence-corrected chi connectivity index (χ1v) is 9.89. The molecule has 0 aromatic carbocycles. The van der Waals surface area contributed by atoms with Crippen molar-refractivity contribution in [2.45, 2.75) is 97.2 Å². The highest BCUT2D eigenvalue weighted by Gasteiger charge is 2.48. The van der Waals surface area contributed by atoms with Gasteiger partial charge in [0.2, 0.25) is 5.60 Å². The maximum absolute atomic E-state index is 12.7. The second-order valence-corrected chi connectivity index (χ2v) is 7.13. The van der Waals surface area contributed by atoms with Crippen LogP contribution in [0.5, 0.6) is 0 Å². The van der Waals surface area contributed by atoms with Crippen LogP contribution in [0.2, 0.25) is 0 Å². The number of hydrogen-bond donors (Lipinski definition) is 2. The monoisotopic (exact) mass is 402 g/mol. The van der Waals surface area contributed by atoms with E-state index in [9.17, 15) is 24.3 Å². The SMILES string of the molecule is CCCCC(CC)C(CC)(CC)OC(=O)CC(CC(=O)O)(OC(C)=O)C(=O)O. The molecule has 2 atom stereocenters. The highest BCUT2D eigenvalue weighted by atomic mass is 16.6. The van der Waals surface area contributed by atoms with E-state index in [1.165, 1.54) is 0 Å². The van der Waals surface area contributed by atoms with Crippen LogP contribution in [0.3, 0.4) is 0 Å². The van der Waals surface area contributed by atoms with E-state index in [0.717, 1.165) is 32.6 Å². The first-order chi connectivity index (χ1) is 13.0. The van der Waals surface area contributed by atoms with Gasteiger partial charge in [-0.15, -0.1) is 0 Å². The van der Waals surface area contributed by atoms with Crippen molar-refractivity contribution in [3.8, 4) is 0 Å². The molecule has 0 spiro atoms. The summed E-state index contributed by atoms with van der Waals surface area (Å²) in [6.07, 6.45) is 2.83. The fourth-order valence-electron chi connectivity index (χ4n) is 3.69. The molecule has 2 unspecified atom stereocenters. The molecule has 28 heavy (non-hydrogen) atoms. The molecule has 0 fully saturated rings. The molecule has 0 rings (SSSR count). The molecule has 162 valence electrons. The number of carboxylic acids is 2. The number of rotatable bonds is 14. The molecule has 8 heteroatoms. The molecule has 0 aromatic rings. The van der Waals surface area contributed by atoms with Crippen LogP contribution in [0.1, 0.15) is 86.0 Å². The molecule has 2 N–H and O–H groups in total. The summed E-state index contributed by atoms with van der Waals surface area (Å²) in [7, 11) is 0. The number of carboxylic acid groups (broad SMARTS) is 2. The molecule has 0 saturated carbocycles. The van der Waals surface area contributed by atoms with Crippen molar-refractivity contribution in [3.05, 3.63) is 0 Å². The van der Waals surface area contributed by atoms with Gasteiger partial charge in [-0.2, -0.15) is 0 Å². The van der Waals surface area contributed by atoms with Gasteiger partial charge in [0.1, 0.15) is 5.60 Å². The summed E-state index contributed by atoms with van der Waals surface area (Å²) < 4.78 is 10.6. The first kappa shape index (κ1) is 25.9. The molecule has 0 radical (unpaired) electrons. The normalized spacial score (nSPS) is 14.6. The van der Waals surface area contributed by atoms with Crippen molar-refractivity contribution in [1.29, 1.82) is 0 Å². The summed E-state index contributed by atoms with van der Waals surface area (Å²) in [4.78, 5) is 46.9. The third-order valence-electron chi connectivity index (χ3n) is 5.25. The number of unbranched alkanes of at least 4 members (excludes halogenated alkanes) is 1. The van der Waals surface area contributed by atoms with E-state index >= 15 is 0 Å². The molecule has 0 aliphatic heterocycles. The molecule has 0 aromatic heterocycles. The lowest BCUT2D eigenvalue weighted by molar-refractivity contribution is -0.191. The van der Waals surface area contributed by atoms with E-state index in [1.807, 2.05) is 20.8 Å². The van der Waals surface area contributed by atoms with Gasteiger partial charge in [-0.1, -0.05) is 40.5 Å². The van der Waals surface area contributed by atoms with Crippen LogP contribution in [-0.2, 0) is 28.7 Å². The van der Waals surface area contributed by atoms with E-state index < -0.39 is 47.9 Å². The minimum atomic E-state index is -2.49. The van der Waals surface area contributed by atoms with Crippen LogP contribution in [0, 0.1) is 5.92 Å². The van der Waals surface area contributed by atoms with Gasteiger partial charge in [0.25, 0.3) is 0 Å². The Kier molecular flexibility index (Phi) is 10.8. The van der Waals surface area contributed by atoms with Gasteiger partial charge in [-0.3, -0.25) is 14.4 Å². The molecule has 0 amide bonds. The molecule has 0 bridgehead atoms.